The van der Waals surface area contributed by atoms with Crippen molar-refractivity contribution in [3.63, 3.8) is 0 Å². The van der Waals surface area contributed by atoms with Crippen LogP contribution in [0.4, 0.5) is 5.69 Å². The van der Waals surface area contributed by atoms with Crippen LogP contribution in [0.3, 0.4) is 0 Å². The number of anilines is 1. The molecule has 1 amide bonds. The number of carbonyl (C=O) groups is 1. The molecule has 0 saturated heterocycles. The number of para-hydroxylation sites is 2. The average molecular weight is 284 g/mol. The summed E-state index contributed by atoms with van der Waals surface area (Å²) in [6.45, 7) is -0.0146. The highest BCUT2D eigenvalue weighted by Gasteiger charge is 2.40. The summed E-state index contributed by atoms with van der Waals surface area (Å²) in [7, 11) is 0. The number of benzene rings is 1. The molecule has 0 aromatic heterocycles. The summed E-state index contributed by atoms with van der Waals surface area (Å²) in [4.78, 5) is 12.2. The van der Waals surface area contributed by atoms with Crippen LogP contribution in [0.5, 0.6) is 5.75 Å². The lowest BCUT2D eigenvalue weighted by molar-refractivity contribution is -0.117. The van der Waals surface area contributed by atoms with E-state index < -0.39 is 0 Å². The Morgan fingerprint density at radius 3 is 2.90 bits per heavy atom. The molecule has 2 aliphatic rings. The lowest BCUT2D eigenvalue weighted by atomic mass is 9.86. The molecule has 0 heterocycles. The van der Waals surface area contributed by atoms with Gasteiger partial charge in [0, 0.05) is 6.42 Å². The molecule has 3 atom stereocenters. The summed E-state index contributed by atoms with van der Waals surface area (Å²) in [5.74, 6) is 2.78. The van der Waals surface area contributed by atoms with E-state index in [1.165, 1.54) is 25.7 Å². The number of fused-ring (bicyclic) bond motifs is 2. The van der Waals surface area contributed by atoms with E-state index in [0.29, 0.717) is 23.8 Å². The van der Waals surface area contributed by atoms with E-state index in [1.54, 1.807) is 6.07 Å². The zero-order chi connectivity index (χ0) is 14.7. The highest BCUT2D eigenvalue weighted by Crippen LogP contribution is 2.49. The van der Waals surface area contributed by atoms with Crippen molar-refractivity contribution >= 4 is 11.6 Å². The van der Waals surface area contributed by atoms with Crippen molar-refractivity contribution in [3.05, 3.63) is 24.3 Å². The van der Waals surface area contributed by atoms with Gasteiger partial charge < -0.3 is 10.1 Å². The number of nitrogens with zero attached hydrogens (tertiary/aromatic N) is 1. The van der Waals surface area contributed by atoms with Crippen molar-refractivity contribution in [2.45, 2.75) is 32.1 Å². The Morgan fingerprint density at radius 2 is 2.19 bits per heavy atom. The molecular weight excluding hydrogens is 264 g/mol. The maximum Gasteiger partial charge on any atom is 0.224 e. The normalized spacial score (nSPS) is 26.3. The Hall–Kier alpha value is -2.02. The predicted octanol–water partition coefficient (Wildman–Crippen LogP) is 3.35. The number of carbonyl (C=O) groups excluding carboxylic acids is 1. The van der Waals surface area contributed by atoms with Crippen molar-refractivity contribution in [1.82, 2.24) is 0 Å². The Kier molecular flexibility index (Phi) is 4.10. The van der Waals surface area contributed by atoms with Crippen LogP contribution >= 0.6 is 0 Å². The van der Waals surface area contributed by atoms with Gasteiger partial charge in [0.25, 0.3) is 0 Å². The second kappa shape index (κ2) is 6.17. The number of nitriles is 1. The van der Waals surface area contributed by atoms with E-state index >= 15 is 0 Å². The Balaban J connectivity index is 1.58. The Morgan fingerprint density at radius 1 is 1.33 bits per heavy atom. The molecule has 4 heteroatoms. The molecular formula is C17H20N2O2. The summed E-state index contributed by atoms with van der Waals surface area (Å²) >= 11 is 0. The van der Waals surface area contributed by atoms with Crippen LogP contribution in [0.15, 0.2) is 24.3 Å². The minimum absolute atomic E-state index is 0.0146. The molecule has 3 unspecified atom stereocenters. The number of hydrogen-bond donors (Lipinski definition) is 1. The first-order valence-corrected chi connectivity index (χ1v) is 7.65. The van der Waals surface area contributed by atoms with E-state index in [1.807, 2.05) is 24.3 Å². The van der Waals surface area contributed by atoms with Gasteiger partial charge in [-0.05, 0) is 49.1 Å². The molecule has 4 nitrogen and oxygen atoms in total. The van der Waals surface area contributed by atoms with Crippen molar-refractivity contribution < 1.29 is 9.53 Å². The highest BCUT2D eigenvalue weighted by molar-refractivity contribution is 5.92. The summed E-state index contributed by atoms with van der Waals surface area (Å²) in [6, 6.07) is 9.20. The molecule has 2 aliphatic carbocycles. The standard InChI is InChI=1S/C17H20N2O2/c18-7-8-21-16-4-2-1-3-15(16)19-17(20)11-14-10-12-5-6-13(14)9-12/h1-4,12-14H,5-6,8-11H2,(H,19,20). The van der Waals surface area contributed by atoms with Crippen molar-refractivity contribution in [2.75, 3.05) is 11.9 Å². The third-order valence-corrected chi connectivity index (χ3v) is 4.79. The maximum atomic E-state index is 12.2. The molecule has 0 aliphatic heterocycles. The third-order valence-electron chi connectivity index (χ3n) is 4.79. The van der Waals surface area contributed by atoms with Gasteiger partial charge in [-0.2, -0.15) is 5.26 Å². The van der Waals surface area contributed by atoms with Crippen LogP contribution in [0.25, 0.3) is 0 Å². The fourth-order valence-corrected chi connectivity index (χ4v) is 3.87. The quantitative estimate of drug-likeness (QED) is 0.901. The van der Waals surface area contributed by atoms with Crippen molar-refractivity contribution in [2.24, 2.45) is 17.8 Å². The number of ether oxygens (including phenoxy) is 1. The van der Waals surface area contributed by atoms with Crippen LogP contribution in [-0.4, -0.2) is 12.5 Å². The zero-order valence-electron chi connectivity index (χ0n) is 12.0. The van der Waals surface area contributed by atoms with E-state index in [0.717, 1.165) is 11.8 Å². The minimum atomic E-state index is -0.0146. The van der Waals surface area contributed by atoms with Crippen LogP contribution in [0.1, 0.15) is 32.1 Å². The molecule has 3 rings (SSSR count). The van der Waals surface area contributed by atoms with Crippen LogP contribution in [-0.2, 0) is 4.79 Å². The smallest absolute Gasteiger partial charge is 0.224 e. The van der Waals surface area contributed by atoms with Crippen molar-refractivity contribution in [3.8, 4) is 11.8 Å². The predicted molar refractivity (Wildman–Crippen MR) is 79.7 cm³/mol. The molecule has 1 N–H and O–H groups in total. The maximum absolute atomic E-state index is 12.2. The first-order chi connectivity index (χ1) is 10.3. The van der Waals surface area contributed by atoms with Crippen LogP contribution in [0, 0.1) is 29.1 Å². The second-order valence-corrected chi connectivity index (χ2v) is 6.13. The molecule has 2 fully saturated rings. The van der Waals surface area contributed by atoms with Gasteiger partial charge >= 0.3 is 0 Å². The molecule has 0 spiro atoms. The summed E-state index contributed by atoms with van der Waals surface area (Å²) in [5, 5.41) is 11.5. The third kappa shape index (κ3) is 3.18. The molecule has 1 aromatic carbocycles. The number of amides is 1. The van der Waals surface area contributed by atoms with Crippen LogP contribution in [0.2, 0.25) is 0 Å². The van der Waals surface area contributed by atoms with Crippen LogP contribution < -0.4 is 10.1 Å². The molecule has 1 aromatic rings. The van der Waals surface area contributed by atoms with Crippen molar-refractivity contribution in [1.29, 1.82) is 5.26 Å². The lowest BCUT2D eigenvalue weighted by Crippen LogP contribution is -2.20. The minimum Gasteiger partial charge on any atom is -0.477 e. The van der Waals surface area contributed by atoms with E-state index in [2.05, 4.69) is 5.32 Å². The fourth-order valence-electron chi connectivity index (χ4n) is 3.87. The lowest BCUT2D eigenvalue weighted by Gasteiger charge is -2.21. The van der Waals surface area contributed by atoms with Gasteiger partial charge in [0.2, 0.25) is 5.91 Å². The number of rotatable bonds is 5. The largest absolute Gasteiger partial charge is 0.477 e. The summed E-state index contributed by atoms with van der Waals surface area (Å²) in [5.41, 5.74) is 0.654. The monoisotopic (exact) mass is 284 g/mol. The Labute approximate surface area is 125 Å². The number of nitrogens with one attached hydrogen (secondary N) is 1. The molecule has 2 bridgehead atoms. The topological polar surface area (TPSA) is 62.1 Å². The highest BCUT2D eigenvalue weighted by atomic mass is 16.5. The van der Waals surface area contributed by atoms with E-state index in [4.69, 9.17) is 10.00 Å². The molecule has 21 heavy (non-hydrogen) atoms. The van der Waals surface area contributed by atoms with Gasteiger partial charge in [0.05, 0.1) is 5.69 Å². The first kappa shape index (κ1) is 13.9. The fraction of sp³-hybridized carbons (Fsp3) is 0.529. The van der Waals surface area contributed by atoms with Gasteiger partial charge in [-0.3, -0.25) is 4.79 Å². The van der Waals surface area contributed by atoms with Gasteiger partial charge in [0.15, 0.2) is 6.61 Å². The van der Waals surface area contributed by atoms with E-state index in [9.17, 15) is 4.79 Å². The second-order valence-electron chi connectivity index (χ2n) is 6.13. The summed E-state index contributed by atoms with van der Waals surface area (Å²) in [6.07, 6.45) is 5.79. The number of hydrogen-bond acceptors (Lipinski definition) is 3. The zero-order valence-corrected chi connectivity index (χ0v) is 12.0. The van der Waals surface area contributed by atoms with Gasteiger partial charge in [-0.1, -0.05) is 18.6 Å². The first-order valence-electron chi connectivity index (χ1n) is 7.65. The molecule has 110 valence electrons. The SMILES string of the molecule is N#CCOc1ccccc1NC(=O)CC1CC2CCC1C2. The van der Waals surface area contributed by atoms with Gasteiger partial charge in [0.1, 0.15) is 11.8 Å². The molecule has 2 saturated carbocycles. The summed E-state index contributed by atoms with van der Waals surface area (Å²) < 4.78 is 5.33. The van der Waals surface area contributed by atoms with Gasteiger partial charge in [-0.25, -0.2) is 0 Å². The molecule has 0 radical (unpaired) electrons. The van der Waals surface area contributed by atoms with E-state index in [-0.39, 0.29) is 12.5 Å². The van der Waals surface area contributed by atoms with Gasteiger partial charge in [-0.15, -0.1) is 0 Å². The average Bonchev–Trinajstić information content (AvgIpc) is 3.09. The Bertz CT molecular complexity index is 564.